The number of aromatic amines is 1. The summed E-state index contributed by atoms with van der Waals surface area (Å²) in [5.41, 5.74) is 0.966. The van der Waals surface area contributed by atoms with E-state index in [1.54, 1.807) is 7.11 Å². The van der Waals surface area contributed by atoms with Crippen molar-refractivity contribution in [2.24, 2.45) is 0 Å². The number of hydrogen-bond donors (Lipinski definition) is 1. The van der Waals surface area contributed by atoms with Crippen molar-refractivity contribution >= 4 is 11.0 Å². The Morgan fingerprint density at radius 3 is 2.76 bits per heavy atom. The second-order valence-corrected chi connectivity index (χ2v) is 4.05. The highest BCUT2D eigenvalue weighted by Gasteiger charge is 2.09. The number of ether oxygens (including phenoxy) is 1. The van der Waals surface area contributed by atoms with Gasteiger partial charge >= 0.3 is 0 Å². The Morgan fingerprint density at radius 2 is 2.06 bits per heavy atom. The molecule has 0 fully saturated rings. The van der Waals surface area contributed by atoms with Crippen molar-refractivity contribution in [2.45, 2.75) is 25.9 Å². The maximum Gasteiger partial charge on any atom is 0.161 e. The number of hydrogen-bond acceptors (Lipinski definition) is 2. The monoisotopic (exact) mass is 240 g/mol. The lowest BCUT2D eigenvalue weighted by molar-refractivity contribution is 0.111. The van der Waals surface area contributed by atoms with Crippen molar-refractivity contribution in [2.75, 3.05) is 7.11 Å². The van der Waals surface area contributed by atoms with Gasteiger partial charge in [0.2, 0.25) is 0 Å². The van der Waals surface area contributed by atoms with Gasteiger partial charge in [0.25, 0.3) is 0 Å². The van der Waals surface area contributed by atoms with Crippen LogP contribution in [0.3, 0.4) is 0 Å². The van der Waals surface area contributed by atoms with Gasteiger partial charge in [-0.25, -0.2) is 13.8 Å². The highest BCUT2D eigenvalue weighted by atomic mass is 19.2. The van der Waals surface area contributed by atoms with Gasteiger partial charge in [-0.15, -0.1) is 0 Å². The Labute approximate surface area is 97.8 Å². The van der Waals surface area contributed by atoms with E-state index in [0.717, 1.165) is 18.6 Å². The van der Waals surface area contributed by atoms with Crippen LogP contribution in [0.15, 0.2) is 12.1 Å². The summed E-state index contributed by atoms with van der Waals surface area (Å²) < 4.78 is 31.1. The Morgan fingerprint density at radius 1 is 1.35 bits per heavy atom. The van der Waals surface area contributed by atoms with Crippen molar-refractivity contribution in [1.29, 1.82) is 0 Å². The first-order valence-corrected chi connectivity index (χ1v) is 5.46. The van der Waals surface area contributed by atoms with Crippen molar-refractivity contribution in [3.8, 4) is 0 Å². The number of nitrogens with zero attached hydrogens (tertiary/aromatic N) is 1. The molecule has 1 aromatic carbocycles. The zero-order chi connectivity index (χ0) is 12.4. The van der Waals surface area contributed by atoms with Crippen LogP contribution in [0, 0.1) is 11.6 Å². The lowest BCUT2D eigenvalue weighted by atomic mass is 10.2. The van der Waals surface area contributed by atoms with Crippen LogP contribution in [-0.4, -0.2) is 23.2 Å². The second-order valence-electron chi connectivity index (χ2n) is 4.05. The Bertz CT molecular complexity index is 485. The van der Waals surface area contributed by atoms with Crippen LogP contribution in [-0.2, 0) is 11.2 Å². The lowest BCUT2D eigenvalue weighted by Crippen LogP contribution is -2.06. The number of fused-ring (bicyclic) bond motifs is 1. The minimum absolute atomic E-state index is 0.136. The predicted molar refractivity (Wildman–Crippen MR) is 60.8 cm³/mol. The van der Waals surface area contributed by atoms with Gasteiger partial charge in [-0.3, -0.25) is 0 Å². The zero-order valence-corrected chi connectivity index (χ0v) is 9.76. The van der Waals surface area contributed by atoms with Gasteiger partial charge in [0.05, 0.1) is 17.1 Å². The molecule has 2 rings (SSSR count). The standard InChI is InChI=1S/C12H14F2N2O/c1-7(17-2)3-4-12-15-10-5-8(13)9(14)6-11(10)16-12/h5-7H,3-4H2,1-2H3,(H,15,16). The number of aryl methyl sites for hydroxylation is 1. The molecular weight excluding hydrogens is 226 g/mol. The molecule has 2 aromatic rings. The Kier molecular flexibility index (Phi) is 3.38. The SMILES string of the molecule is COC(C)CCc1nc2cc(F)c(F)cc2[nH]1. The molecule has 1 aromatic heterocycles. The first-order chi connectivity index (χ1) is 8.10. The summed E-state index contributed by atoms with van der Waals surface area (Å²) in [6, 6.07) is 2.23. The normalized spacial score (nSPS) is 13.2. The van der Waals surface area contributed by atoms with Crippen LogP contribution in [0.5, 0.6) is 0 Å². The van der Waals surface area contributed by atoms with Crippen molar-refractivity contribution in [3.05, 3.63) is 29.6 Å². The quantitative estimate of drug-likeness (QED) is 0.892. The number of imidazole rings is 1. The van der Waals surface area contributed by atoms with E-state index in [4.69, 9.17) is 4.74 Å². The number of methoxy groups -OCH3 is 1. The molecule has 17 heavy (non-hydrogen) atoms. The summed E-state index contributed by atoms with van der Waals surface area (Å²) in [5, 5.41) is 0. The third-order valence-corrected chi connectivity index (χ3v) is 2.76. The van der Waals surface area contributed by atoms with Crippen LogP contribution < -0.4 is 0 Å². The number of H-pyrrole nitrogens is 1. The molecule has 0 amide bonds. The highest BCUT2D eigenvalue weighted by Crippen LogP contribution is 2.17. The fraction of sp³-hybridized carbons (Fsp3) is 0.417. The Balaban J connectivity index is 2.20. The van der Waals surface area contributed by atoms with E-state index in [-0.39, 0.29) is 6.10 Å². The molecule has 1 atom stereocenters. The van der Waals surface area contributed by atoms with E-state index < -0.39 is 11.6 Å². The molecule has 0 aliphatic rings. The lowest BCUT2D eigenvalue weighted by Gasteiger charge is -2.06. The van der Waals surface area contributed by atoms with Gasteiger partial charge in [-0.2, -0.15) is 0 Å². The van der Waals surface area contributed by atoms with E-state index in [9.17, 15) is 8.78 Å². The maximum atomic E-state index is 13.0. The van der Waals surface area contributed by atoms with Gasteiger partial charge in [0.15, 0.2) is 11.6 Å². The fourth-order valence-corrected chi connectivity index (χ4v) is 1.63. The molecule has 5 heteroatoms. The van der Waals surface area contributed by atoms with Crippen molar-refractivity contribution < 1.29 is 13.5 Å². The summed E-state index contributed by atoms with van der Waals surface area (Å²) in [6.45, 7) is 1.96. The van der Waals surface area contributed by atoms with Gasteiger partial charge in [0, 0.05) is 25.7 Å². The Hall–Kier alpha value is -1.49. The molecule has 0 aliphatic carbocycles. The summed E-state index contributed by atoms with van der Waals surface area (Å²) in [4.78, 5) is 7.17. The van der Waals surface area contributed by atoms with Crippen molar-refractivity contribution in [3.63, 3.8) is 0 Å². The molecule has 0 aliphatic heterocycles. The number of nitrogens with one attached hydrogen (secondary N) is 1. The first-order valence-electron chi connectivity index (χ1n) is 5.46. The molecule has 92 valence electrons. The number of halogens is 2. The van der Waals surface area contributed by atoms with E-state index in [0.29, 0.717) is 23.3 Å². The summed E-state index contributed by atoms with van der Waals surface area (Å²) in [5.74, 6) is -1.02. The predicted octanol–water partition coefficient (Wildman–Crippen LogP) is 2.81. The largest absolute Gasteiger partial charge is 0.382 e. The molecule has 3 nitrogen and oxygen atoms in total. The summed E-state index contributed by atoms with van der Waals surface area (Å²) >= 11 is 0. The molecule has 0 spiro atoms. The average Bonchev–Trinajstić information content (AvgIpc) is 2.68. The molecular formula is C12H14F2N2O. The van der Waals surface area contributed by atoms with Crippen LogP contribution in [0.2, 0.25) is 0 Å². The average molecular weight is 240 g/mol. The molecule has 1 unspecified atom stereocenters. The summed E-state index contributed by atoms with van der Waals surface area (Å²) in [7, 11) is 1.65. The molecule has 0 saturated carbocycles. The third kappa shape index (κ3) is 2.61. The molecule has 1 N–H and O–H groups in total. The minimum Gasteiger partial charge on any atom is -0.382 e. The van der Waals surface area contributed by atoms with Gasteiger partial charge in [-0.05, 0) is 13.3 Å². The van der Waals surface area contributed by atoms with Crippen molar-refractivity contribution in [1.82, 2.24) is 9.97 Å². The van der Waals surface area contributed by atoms with Crippen LogP contribution >= 0.6 is 0 Å². The van der Waals surface area contributed by atoms with Gasteiger partial charge in [-0.1, -0.05) is 0 Å². The minimum atomic E-state index is -0.874. The number of aromatic nitrogens is 2. The summed E-state index contributed by atoms with van der Waals surface area (Å²) in [6.07, 6.45) is 1.63. The topological polar surface area (TPSA) is 37.9 Å². The third-order valence-electron chi connectivity index (χ3n) is 2.76. The molecule has 0 bridgehead atoms. The molecule has 1 heterocycles. The first kappa shape index (κ1) is 12.0. The van der Waals surface area contributed by atoms with Crippen LogP contribution in [0.4, 0.5) is 8.78 Å². The van der Waals surface area contributed by atoms with E-state index in [2.05, 4.69) is 9.97 Å². The zero-order valence-electron chi connectivity index (χ0n) is 9.76. The van der Waals surface area contributed by atoms with Gasteiger partial charge in [0.1, 0.15) is 5.82 Å². The molecule has 0 radical (unpaired) electrons. The van der Waals surface area contributed by atoms with E-state index >= 15 is 0 Å². The van der Waals surface area contributed by atoms with Gasteiger partial charge < -0.3 is 9.72 Å². The smallest absolute Gasteiger partial charge is 0.161 e. The van der Waals surface area contributed by atoms with E-state index in [1.807, 2.05) is 6.92 Å². The fourth-order valence-electron chi connectivity index (χ4n) is 1.63. The van der Waals surface area contributed by atoms with Crippen LogP contribution in [0.25, 0.3) is 11.0 Å². The number of rotatable bonds is 4. The van der Waals surface area contributed by atoms with E-state index in [1.165, 1.54) is 0 Å². The van der Waals surface area contributed by atoms with Crippen LogP contribution in [0.1, 0.15) is 19.2 Å². The molecule has 0 saturated heterocycles. The number of benzene rings is 1. The second kappa shape index (κ2) is 4.79. The maximum absolute atomic E-state index is 13.0. The highest BCUT2D eigenvalue weighted by molar-refractivity contribution is 5.75.